The summed E-state index contributed by atoms with van der Waals surface area (Å²) in [4.78, 5) is 13.7. The maximum Gasteiger partial charge on any atom is 0.234 e. The molecule has 0 saturated carbocycles. The second-order valence-electron chi connectivity index (χ2n) is 5.31. The molecule has 0 radical (unpaired) electrons. The van der Waals surface area contributed by atoms with Crippen molar-refractivity contribution in [2.45, 2.75) is 45.7 Å². The first-order valence-electron chi connectivity index (χ1n) is 6.67. The average Bonchev–Trinajstić information content (AvgIpc) is 2.34. The van der Waals surface area contributed by atoms with Crippen molar-refractivity contribution in [1.29, 1.82) is 0 Å². The van der Waals surface area contributed by atoms with Crippen molar-refractivity contribution in [3.8, 4) is 0 Å². The molecule has 0 spiro atoms. The normalized spacial score (nSPS) is 20.9. The lowest BCUT2D eigenvalue weighted by Gasteiger charge is -2.34. The fraction of sp³-hybridized carbons (Fsp3) is 0.533. The number of hydrogen-bond donors (Lipinski definition) is 1. The van der Waals surface area contributed by atoms with E-state index in [0.717, 1.165) is 32.4 Å². The second-order valence-corrected chi connectivity index (χ2v) is 5.31. The first-order chi connectivity index (χ1) is 8.58. The van der Waals surface area contributed by atoms with Crippen LogP contribution < -0.4 is 5.73 Å². The van der Waals surface area contributed by atoms with E-state index in [4.69, 9.17) is 5.73 Å². The van der Waals surface area contributed by atoms with Crippen LogP contribution >= 0.6 is 0 Å². The van der Waals surface area contributed by atoms with Gasteiger partial charge in [0.2, 0.25) is 5.91 Å². The summed E-state index contributed by atoms with van der Waals surface area (Å²) in [6, 6.07) is 6.40. The Bertz CT molecular complexity index is 442. The first kappa shape index (κ1) is 13.1. The average molecular weight is 246 g/mol. The molecule has 1 heterocycles. The van der Waals surface area contributed by atoms with Crippen molar-refractivity contribution in [3.05, 3.63) is 34.9 Å². The standard InChI is InChI=1S/C15H22N2O/c1-11-6-7-12(2)13(9-11)10-17-8-4-3-5-14(17)15(16)18/h6-7,9,14H,3-5,8,10H2,1-2H3,(H2,16,18). The van der Waals surface area contributed by atoms with Gasteiger partial charge in [0.25, 0.3) is 0 Å². The zero-order valence-corrected chi connectivity index (χ0v) is 11.3. The van der Waals surface area contributed by atoms with E-state index in [0.29, 0.717) is 0 Å². The molecule has 3 heteroatoms. The number of benzene rings is 1. The predicted molar refractivity (Wildman–Crippen MR) is 73.2 cm³/mol. The van der Waals surface area contributed by atoms with Crippen molar-refractivity contribution >= 4 is 5.91 Å². The number of primary amides is 1. The number of carbonyl (C=O) groups excluding carboxylic acids is 1. The van der Waals surface area contributed by atoms with Gasteiger partial charge in [-0.1, -0.05) is 30.2 Å². The maximum absolute atomic E-state index is 11.5. The highest BCUT2D eigenvalue weighted by molar-refractivity contribution is 5.79. The smallest absolute Gasteiger partial charge is 0.234 e. The van der Waals surface area contributed by atoms with Crippen LogP contribution in [0.2, 0.25) is 0 Å². The number of likely N-dealkylation sites (tertiary alicyclic amines) is 1. The van der Waals surface area contributed by atoms with Crippen LogP contribution in [0.4, 0.5) is 0 Å². The number of rotatable bonds is 3. The first-order valence-corrected chi connectivity index (χ1v) is 6.67. The van der Waals surface area contributed by atoms with Gasteiger partial charge in [-0.3, -0.25) is 9.69 Å². The molecule has 1 atom stereocenters. The minimum atomic E-state index is -0.181. The number of aryl methyl sites for hydroxylation is 2. The van der Waals surface area contributed by atoms with Crippen molar-refractivity contribution in [3.63, 3.8) is 0 Å². The highest BCUT2D eigenvalue weighted by Crippen LogP contribution is 2.21. The summed E-state index contributed by atoms with van der Waals surface area (Å²) in [6.45, 7) is 6.03. The van der Waals surface area contributed by atoms with Crippen molar-refractivity contribution in [2.75, 3.05) is 6.54 Å². The summed E-state index contributed by atoms with van der Waals surface area (Å²) in [5, 5.41) is 0. The van der Waals surface area contributed by atoms with Gasteiger partial charge in [-0.05, 0) is 44.4 Å². The molecule has 1 saturated heterocycles. The molecule has 2 N–H and O–H groups in total. The van der Waals surface area contributed by atoms with Crippen LogP contribution in [0.25, 0.3) is 0 Å². The largest absolute Gasteiger partial charge is 0.368 e. The minimum absolute atomic E-state index is 0.0846. The van der Waals surface area contributed by atoms with E-state index >= 15 is 0 Å². The molecule has 0 bridgehead atoms. The lowest BCUT2D eigenvalue weighted by Crippen LogP contribution is -2.47. The van der Waals surface area contributed by atoms with E-state index in [9.17, 15) is 4.79 Å². The minimum Gasteiger partial charge on any atom is -0.368 e. The fourth-order valence-electron chi connectivity index (χ4n) is 2.69. The molecule has 18 heavy (non-hydrogen) atoms. The van der Waals surface area contributed by atoms with Gasteiger partial charge >= 0.3 is 0 Å². The molecule has 1 fully saturated rings. The number of piperidine rings is 1. The fourth-order valence-corrected chi connectivity index (χ4v) is 2.69. The van der Waals surface area contributed by atoms with Crippen LogP contribution in [0.5, 0.6) is 0 Å². The Balaban J connectivity index is 2.15. The lowest BCUT2D eigenvalue weighted by atomic mass is 9.99. The molecule has 98 valence electrons. The van der Waals surface area contributed by atoms with Gasteiger partial charge in [0.05, 0.1) is 6.04 Å². The molecular formula is C15H22N2O. The summed E-state index contributed by atoms with van der Waals surface area (Å²) < 4.78 is 0. The molecule has 1 aromatic rings. The molecule has 1 aromatic carbocycles. The van der Waals surface area contributed by atoms with Gasteiger partial charge in [0.15, 0.2) is 0 Å². The number of amides is 1. The van der Waals surface area contributed by atoms with E-state index in [1.165, 1.54) is 16.7 Å². The summed E-state index contributed by atoms with van der Waals surface area (Å²) in [7, 11) is 0. The molecule has 2 rings (SSSR count). The van der Waals surface area contributed by atoms with Crippen LogP contribution in [0.1, 0.15) is 36.0 Å². The van der Waals surface area contributed by atoms with Crippen LogP contribution in [0.3, 0.4) is 0 Å². The van der Waals surface area contributed by atoms with Gasteiger partial charge in [0.1, 0.15) is 0 Å². The van der Waals surface area contributed by atoms with Gasteiger partial charge < -0.3 is 5.73 Å². The Kier molecular flexibility index (Phi) is 4.02. The Hall–Kier alpha value is -1.35. The molecule has 3 nitrogen and oxygen atoms in total. The highest BCUT2D eigenvalue weighted by atomic mass is 16.1. The zero-order chi connectivity index (χ0) is 13.1. The Labute approximate surface area is 109 Å². The van der Waals surface area contributed by atoms with Crippen LogP contribution in [0.15, 0.2) is 18.2 Å². The molecular weight excluding hydrogens is 224 g/mol. The van der Waals surface area contributed by atoms with E-state index in [1.54, 1.807) is 0 Å². The van der Waals surface area contributed by atoms with E-state index < -0.39 is 0 Å². The Morgan fingerprint density at radius 3 is 2.89 bits per heavy atom. The maximum atomic E-state index is 11.5. The zero-order valence-electron chi connectivity index (χ0n) is 11.3. The van der Waals surface area contributed by atoms with Crippen LogP contribution in [-0.4, -0.2) is 23.4 Å². The quantitative estimate of drug-likeness (QED) is 0.888. The van der Waals surface area contributed by atoms with Gasteiger partial charge in [-0.25, -0.2) is 0 Å². The van der Waals surface area contributed by atoms with E-state index in [2.05, 4.69) is 36.9 Å². The summed E-state index contributed by atoms with van der Waals surface area (Å²) >= 11 is 0. The van der Waals surface area contributed by atoms with Crippen molar-refractivity contribution < 1.29 is 4.79 Å². The number of hydrogen-bond acceptors (Lipinski definition) is 2. The molecule has 1 aliphatic heterocycles. The number of carbonyl (C=O) groups is 1. The summed E-state index contributed by atoms with van der Waals surface area (Å²) in [5.74, 6) is -0.181. The van der Waals surface area contributed by atoms with E-state index in [1.807, 2.05) is 0 Å². The Morgan fingerprint density at radius 1 is 1.39 bits per heavy atom. The third kappa shape index (κ3) is 2.91. The third-order valence-electron chi connectivity index (χ3n) is 3.82. The SMILES string of the molecule is Cc1ccc(C)c(CN2CCCCC2C(N)=O)c1. The molecule has 1 amide bonds. The van der Waals surface area contributed by atoms with Crippen molar-refractivity contribution in [1.82, 2.24) is 4.90 Å². The summed E-state index contributed by atoms with van der Waals surface area (Å²) in [6.07, 6.45) is 3.17. The molecule has 0 aliphatic carbocycles. The Morgan fingerprint density at radius 2 is 2.17 bits per heavy atom. The van der Waals surface area contributed by atoms with Crippen LogP contribution in [0, 0.1) is 13.8 Å². The third-order valence-corrected chi connectivity index (χ3v) is 3.82. The molecule has 1 unspecified atom stereocenters. The molecule has 0 aromatic heterocycles. The number of nitrogens with zero attached hydrogens (tertiary/aromatic N) is 1. The van der Waals surface area contributed by atoms with Gasteiger partial charge in [-0.2, -0.15) is 0 Å². The van der Waals surface area contributed by atoms with Crippen molar-refractivity contribution in [2.24, 2.45) is 5.73 Å². The lowest BCUT2D eigenvalue weighted by molar-refractivity contribution is -0.124. The predicted octanol–water partition coefficient (Wildman–Crippen LogP) is 2.14. The summed E-state index contributed by atoms with van der Waals surface area (Å²) in [5.41, 5.74) is 9.36. The van der Waals surface area contributed by atoms with E-state index in [-0.39, 0.29) is 11.9 Å². The number of nitrogens with two attached hydrogens (primary N) is 1. The topological polar surface area (TPSA) is 46.3 Å². The van der Waals surface area contributed by atoms with Gasteiger partial charge in [-0.15, -0.1) is 0 Å². The highest BCUT2D eigenvalue weighted by Gasteiger charge is 2.26. The monoisotopic (exact) mass is 246 g/mol. The van der Waals surface area contributed by atoms with Gasteiger partial charge in [0, 0.05) is 6.54 Å². The van der Waals surface area contributed by atoms with Crippen LogP contribution in [-0.2, 0) is 11.3 Å². The second kappa shape index (κ2) is 5.53. The molecule has 1 aliphatic rings.